The van der Waals surface area contributed by atoms with Crippen molar-refractivity contribution < 1.29 is 22.3 Å². The van der Waals surface area contributed by atoms with Gasteiger partial charge in [0, 0.05) is 6.20 Å². The van der Waals surface area contributed by atoms with E-state index >= 15 is 0 Å². The van der Waals surface area contributed by atoms with Gasteiger partial charge in [-0.25, -0.2) is 9.37 Å². The number of benzene rings is 2. The first-order valence-corrected chi connectivity index (χ1v) is 9.10. The lowest BCUT2D eigenvalue weighted by Gasteiger charge is -2.09. The summed E-state index contributed by atoms with van der Waals surface area (Å²) in [6, 6.07) is 13.4. The topological polar surface area (TPSA) is 46.5 Å². The number of ether oxygens (including phenoxy) is 1. The van der Waals surface area contributed by atoms with Crippen LogP contribution in [0.4, 0.5) is 23.4 Å². The molecule has 0 amide bonds. The van der Waals surface area contributed by atoms with Crippen molar-refractivity contribution in [1.29, 1.82) is 0 Å². The van der Waals surface area contributed by atoms with Crippen molar-refractivity contribution in [1.82, 2.24) is 4.98 Å². The Morgan fingerprint density at radius 1 is 1.07 bits per heavy atom. The normalized spacial score (nSPS) is 11.6. The molecule has 3 aromatic rings. The number of nitrogens with one attached hydrogen (secondary N) is 1. The Morgan fingerprint density at radius 2 is 1.83 bits per heavy atom. The van der Waals surface area contributed by atoms with Crippen LogP contribution in [0, 0.1) is 5.82 Å². The Bertz CT molecular complexity index is 990. The number of halogens is 5. The molecule has 0 bridgehead atoms. The molecule has 3 rings (SSSR count). The molecule has 0 aliphatic heterocycles. The molecule has 0 saturated heterocycles. The number of rotatable bonds is 6. The summed E-state index contributed by atoms with van der Waals surface area (Å²) in [7, 11) is 0. The monoisotopic (exact) mass is 467 g/mol. The molecule has 0 saturated carbocycles. The highest BCUT2D eigenvalue weighted by Crippen LogP contribution is 2.29. The summed E-state index contributed by atoms with van der Waals surface area (Å²) in [5, 5.41) is 3.96. The largest absolute Gasteiger partial charge is 0.488 e. The van der Waals surface area contributed by atoms with Crippen molar-refractivity contribution >= 4 is 28.0 Å². The van der Waals surface area contributed by atoms with Crippen LogP contribution < -0.4 is 10.2 Å². The van der Waals surface area contributed by atoms with Crippen LogP contribution in [0.1, 0.15) is 16.7 Å². The van der Waals surface area contributed by atoms with Gasteiger partial charge in [-0.2, -0.15) is 18.3 Å². The molecule has 0 aliphatic rings. The van der Waals surface area contributed by atoms with Crippen molar-refractivity contribution in [2.24, 2.45) is 5.10 Å². The van der Waals surface area contributed by atoms with Crippen LogP contribution in [0.3, 0.4) is 0 Å². The number of hydrogen-bond acceptors (Lipinski definition) is 4. The first-order chi connectivity index (χ1) is 13.8. The van der Waals surface area contributed by atoms with Gasteiger partial charge in [0.1, 0.15) is 24.0 Å². The van der Waals surface area contributed by atoms with Crippen molar-refractivity contribution in [3.05, 3.63) is 87.8 Å². The quantitative estimate of drug-likeness (QED) is 0.273. The number of anilines is 1. The number of pyridine rings is 1. The Morgan fingerprint density at radius 3 is 2.45 bits per heavy atom. The van der Waals surface area contributed by atoms with Gasteiger partial charge in [0.15, 0.2) is 0 Å². The van der Waals surface area contributed by atoms with Crippen LogP contribution in [0.5, 0.6) is 5.75 Å². The second-order valence-corrected chi connectivity index (χ2v) is 6.76. The first kappa shape index (κ1) is 20.8. The van der Waals surface area contributed by atoms with E-state index in [4.69, 9.17) is 4.74 Å². The van der Waals surface area contributed by atoms with E-state index in [-0.39, 0.29) is 18.2 Å². The molecule has 0 atom stereocenters. The van der Waals surface area contributed by atoms with Gasteiger partial charge in [-0.1, -0.05) is 12.1 Å². The molecule has 2 aromatic carbocycles. The summed E-state index contributed by atoms with van der Waals surface area (Å²) in [6.45, 7) is 0.285. The van der Waals surface area contributed by atoms with Crippen molar-refractivity contribution in [3.8, 4) is 5.75 Å². The van der Waals surface area contributed by atoms with E-state index < -0.39 is 11.7 Å². The molecular formula is C20H14BrF4N3O. The number of nitrogens with zero attached hydrogens (tertiary/aromatic N) is 2. The minimum atomic E-state index is -4.43. The fraction of sp³-hybridized carbons (Fsp3) is 0.100. The van der Waals surface area contributed by atoms with E-state index in [1.807, 2.05) is 0 Å². The standard InChI is InChI=1S/C20H14BrF4N3O/c21-17-9-14(3-7-18(17)29-12-13-1-5-16(22)6-2-13)10-27-28-19-8-4-15(11-26-19)20(23,24)25/h1-11H,12H2,(H,26,28)/b27-10-. The van der Waals surface area contributed by atoms with E-state index in [0.717, 1.165) is 23.4 Å². The predicted molar refractivity (Wildman–Crippen MR) is 105 cm³/mol. The molecule has 0 radical (unpaired) electrons. The predicted octanol–water partition coefficient (Wildman–Crippen LogP) is 6.03. The lowest BCUT2D eigenvalue weighted by Crippen LogP contribution is -2.05. The van der Waals surface area contributed by atoms with Gasteiger partial charge in [-0.05, 0) is 69.5 Å². The Kier molecular flexibility index (Phi) is 6.48. The van der Waals surface area contributed by atoms with Crippen molar-refractivity contribution in [2.75, 3.05) is 5.43 Å². The molecule has 1 aromatic heterocycles. The molecule has 4 nitrogen and oxygen atoms in total. The third-order valence-corrected chi connectivity index (χ3v) is 4.37. The molecule has 0 fully saturated rings. The molecule has 0 spiro atoms. The maximum atomic E-state index is 12.9. The summed E-state index contributed by atoms with van der Waals surface area (Å²) in [5.41, 5.74) is 3.30. The third-order valence-electron chi connectivity index (χ3n) is 3.75. The fourth-order valence-corrected chi connectivity index (χ4v) is 2.77. The molecule has 1 heterocycles. The number of aromatic nitrogens is 1. The molecule has 9 heteroatoms. The molecule has 150 valence electrons. The highest BCUT2D eigenvalue weighted by atomic mass is 79.9. The van der Waals surface area contributed by atoms with Crippen LogP contribution in [0.25, 0.3) is 0 Å². The smallest absolute Gasteiger partial charge is 0.417 e. The van der Waals surface area contributed by atoms with Crippen molar-refractivity contribution in [3.63, 3.8) is 0 Å². The highest BCUT2D eigenvalue weighted by Gasteiger charge is 2.30. The maximum Gasteiger partial charge on any atom is 0.417 e. The average Bonchev–Trinajstić information content (AvgIpc) is 2.68. The molecule has 0 unspecified atom stereocenters. The van der Waals surface area contributed by atoms with Crippen LogP contribution in [-0.2, 0) is 12.8 Å². The average molecular weight is 468 g/mol. The zero-order valence-electron chi connectivity index (χ0n) is 14.8. The van der Waals surface area contributed by atoms with Gasteiger partial charge in [-0.3, -0.25) is 5.43 Å². The van der Waals surface area contributed by atoms with E-state index in [0.29, 0.717) is 10.2 Å². The zero-order valence-corrected chi connectivity index (χ0v) is 16.3. The Labute approximate surface area is 172 Å². The van der Waals surface area contributed by atoms with Gasteiger partial charge >= 0.3 is 6.18 Å². The summed E-state index contributed by atoms with van der Waals surface area (Å²) in [4.78, 5) is 3.67. The maximum absolute atomic E-state index is 12.9. The molecule has 1 N–H and O–H groups in total. The summed E-state index contributed by atoms with van der Waals surface area (Å²) >= 11 is 3.41. The Hall–Kier alpha value is -2.94. The fourth-order valence-electron chi connectivity index (χ4n) is 2.26. The highest BCUT2D eigenvalue weighted by molar-refractivity contribution is 9.10. The second-order valence-electron chi connectivity index (χ2n) is 5.90. The van der Waals surface area contributed by atoms with Gasteiger partial charge in [0.05, 0.1) is 16.3 Å². The van der Waals surface area contributed by atoms with Gasteiger partial charge in [0.2, 0.25) is 0 Å². The minimum absolute atomic E-state index is 0.188. The summed E-state index contributed by atoms with van der Waals surface area (Å²) in [5.74, 6) is 0.482. The van der Waals surface area contributed by atoms with Crippen LogP contribution in [0.2, 0.25) is 0 Å². The van der Waals surface area contributed by atoms with E-state index in [1.165, 1.54) is 24.4 Å². The summed E-state index contributed by atoms with van der Waals surface area (Å²) in [6.07, 6.45) is -2.20. The van der Waals surface area contributed by atoms with Gasteiger partial charge in [0.25, 0.3) is 0 Å². The zero-order chi connectivity index (χ0) is 20.9. The third kappa shape index (κ3) is 6.02. The van der Waals surface area contributed by atoms with Crippen LogP contribution in [-0.4, -0.2) is 11.2 Å². The van der Waals surface area contributed by atoms with E-state index in [2.05, 4.69) is 31.4 Å². The van der Waals surface area contributed by atoms with E-state index in [9.17, 15) is 17.6 Å². The van der Waals surface area contributed by atoms with E-state index in [1.54, 1.807) is 30.3 Å². The Balaban J connectivity index is 1.57. The second kappa shape index (κ2) is 9.04. The SMILES string of the molecule is Fc1ccc(COc2ccc(/C=N\Nc3ccc(C(F)(F)F)cn3)cc2Br)cc1. The molecular weight excluding hydrogens is 454 g/mol. The van der Waals surface area contributed by atoms with Gasteiger partial charge in [-0.15, -0.1) is 0 Å². The lowest BCUT2D eigenvalue weighted by molar-refractivity contribution is -0.137. The minimum Gasteiger partial charge on any atom is -0.488 e. The molecule has 0 aliphatic carbocycles. The first-order valence-electron chi connectivity index (χ1n) is 8.30. The number of alkyl halides is 3. The lowest BCUT2D eigenvalue weighted by atomic mass is 10.2. The summed E-state index contributed by atoms with van der Waals surface area (Å²) < 4.78 is 56.8. The number of hydrogen-bond donors (Lipinski definition) is 1. The van der Waals surface area contributed by atoms with Crippen LogP contribution >= 0.6 is 15.9 Å². The van der Waals surface area contributed by atoms with Gasteiger partial charge < -0.3 is 4.74 Å². The van der Waals surface area contributed by atoms with Crippen LogP contribution in [0.15, 0.2) is 70.4 Å². The van der Waals surface area contributed by atoms with Crippen molar-refractivity contribution in [2.45, 2.75) is 12.8 Å². The molecule has 29 heavy (non-hydrogen) atoms. The number of hydrazone groups is 1.